The van der Waals surface area contributed by atoms with E-state index in [0.29, 0.717) is 17.5 Å². The molecular formula is C20H17F3N4O2. The zero-order valence-electron chi connectivity index (χ0n) is 15.5. The summed E-state index contributed by atoms with van der Waals surface area (Å²) in [5, 5.41) is 2.70. The largest absolute Gasteiger partial charge is 0.348 e. The highest BCUT2D eigenvalue weighted by Crippen LogP contribution is 2.36. The lowest BCUT2D eigenvalue weighted by atomic mass is 9.88. The van der Waals surface area contributed by atoms with Gasteiger partial charge in [-0.1, -0.05) is 0 Å². The fourth-order valence-corrected chi connectivity index (χ4v) is 3.72. The van der Waals surface area contributed by atoms with Crippen molar-refractivity contribution in [2.45, 2.75) is 32.0 Å². The molecule has 0 radical (unpaired) electrons. The third-order valence-corrected chi connectivity index (χ3v) is 5.04. The Balaban J connectivity index is 1.51. The number of carbonyl (C=O) groups is 2. The molecule has 2 amide bonds. The molecule has 2 aromatic rings. The van der Waals surface area contributed by atoms with Gasteiger partial charge in [0, 0.05) is 30.3 Å². The van der Waals surface area contributed by atoms with Crippen molar-refractivity contribution in [3.8, 4) is 0 Å². The fraction of sp³-hybridized carbons (Fsp3) is 0.300. The summed E-state index contributed by atoms with van der Waals surface area (Å²) in [5.41, 5.74) is 0.717. The maximum atomic E-state index is 14.8. The van der Waals surface area contributed by atoms with E-state index in [1.165, 1.54) is 12.3 Å². The third kappa shape index (κ3) is 3.72. The SMILES string of the molecule is Cc1nccc(C(=O)N[C@H]2CC3=C(CN(c4cc(F)cc(F)c4)C3=O)[C@H](F)C2)n1. The highest BCUT2D eigenvalue weighted by molar-refractivity contribution is 6.09. The Morgan fingerprint density at radius 1 is 1.24 bits per heavy atom. The molecule has 6 nitrogen and oxygen atoms in total. The Kier molecular flexibility index (Phi) is 4.81. The zero-order valence-corrected chi connectivity index (χ0v) is 15.5. The maximum absolute atomic E-state index is 14.8. The van der Waals surface area contributed by atoms with Crippen LogP contribution in [0.2, 0.25) is 0 Å². The van der Waals surface area contributed by atoms with Gasteiger partial charge in [-0.15, -0.1) is 0 Å². The standard InChI is InChI=1S/C20H17F3N4O2/c1-10-24-3-2-18(25-10)19(28)26-13-7-15-16(17(23)8-13)9-27(20(15)29)14-5-11(21)4-12(22)6-14/h2-6,13,17H,7-9H2,1H3,(H,26,28)/t13-,17+/m0/s1. The van der Waals surface area contributed by atoms with Crippen molar-refractivity contribution < 1.29 is 22.8 Å². The van der Waals surface area contributed by atoms with Crippen molar-refractivity contribution in [3.63, 3.8) is 0 Å². The Morgan fingerprint density at radius 2 is 1.97 bits per heavy atom. The van der Waals surface area contributed by atoms with Gasteiger partial charge in [0.05, 0.1) is 12.2 Å². The topological polar surface area (TPSA) is 75.2 Å². The van der Waals surface area contributed by atoms with Crippen molar-refractivity contribution in [1.82, 2.24) is 15.3 Å². The Labute approximate surface area is 164 Å². The molecule has 150 valence electrons. The lowest BCUT2D eigenvalue weighted by Gasteiger charge is -2.26. The van der Waals surface area contributed by atoms with E-state index in [1.807, 2.05) is 0 Å². The summed E-state index contributed by atoms with van der Waals surface area (Å²) >= 11 is 0. The molecule has 2 heterocycles. The van der Waals surface area contributed by atoms with E-state index >= 15 is 0 Å². The predicted octanol–water partition coefficient (Wildman–Crippen LogP) is 2.64. The Morgan fingerprint density at radius 3 is 2.66 bits per heavy atom. The first-order valence-electron chi connectivity index (χ1n) is 9.06. The van der Waals surface area contributed by atoms with Crippen molar-refractivity contribution in [3.05, 3.63) is 64.8 Å². The summed E-state index contributed by atoms with van der Waals surface area (Å²) in [6.45, 7) is 1.58. The first-order chi connectivity index (χ1) is 13.8. The fourth-order valence-electron chi connectivity index (χ4n) is 3.72. The van der Waals surface area contributed by atoms with Crippen LogP contribution in [0.1, 0.15) is 29.2 Å². The number of nitrogens with zero attached hydrogens (tertiary/aromatic N) is 3. The molecule has 2 atom stereocenters. The number of anilines is 1. The van der Waals surface area contributed by atoms with Crippen LogP contribution < -0.4 is 10.2 Å². The summed E-state index contributed by atoms with van der Waals surface area (Å²) in [6.07, 6.45) is 0.155. The average Bonchev–Trinajstić information content (AvgIpc) is 2.98. The predicted molar refractivity (Wildman–Crippen MR) is 97.9 cm³/mol. The molecule has 1 aliphatic heterocycles. The van der Waals surface area contributed by atoms with Gasteiger partial charge in [0.2, 0.25) is 0 Å². The molecule has 1 aromatic carbocycles. The molecule has 1 N–H and O–H groups in total. The van der Waals surface area contributed by atoms with Gasteiger partial charge in [0.15, 0.2) is 0 Å². The average molecular weight is 402 g/mol. The van der Waals surface area contributed by atoms with E-state index in [1.54, 1.807) is 6.92 Å². The number of aryl methyl sites for hydroxylation is 1. The number of rotatable bonds is 3. The van der Waals surface area contributed by atoms with Gasteiger partial charge < -0.3 is 10.2 Å². The molecule has 4 rings (SSSR count). The van der Waals surface area contributed by atoms with Crippen LogP contribution in [-0.4, -0.2) is 40.5 Å². The van der Waals surface area contributed by atoms with Gasteiger partial charge in [-0.05, 0) is 37.1 Å². The number of carbonyl (C=O) groups excluding carboxylic acids is 2. The highest BCUT2D eigenvalue weighted by atomic mass is 19.1. The van der Waals surface area contributed by atoms with Crippen LogP contribution in [0.15, 0.2) is 41.6 Å². The second-order valence-corrected chi connectivity index (χ2v) is 7.09. The molecule has 0 saturated heterocycles. The molecule has 1 aromatic heterocycles. The van der Waals surface area contributed by atoms with Gasteiger partial charge in [-0.3, -0.25) is 9.59 Å². The molecule has 29 heavy (non-hydrogen) atoms. The molecule has 0 fully saturated rings. The molecule has 2 aliphatic rings. The van der Waals surface area contributed by atoms with Crippen LogP contribution in [0.3, 0.4) is 0 Å². The molecule has 0 spiro atoms. The smallest absolute Gasteiger partial charge is 0.270 e. The van der Waals surface area contributed by atoms with Crippen LogP contribution in [0, 0.1) is 18.6 Å². The third-order valence-electron chi connectivity index (χ3n) is 5.04. The van der Waals surface area contributed by atoms with Crippen LogP contribution in [0.5, 0.6) is 0 Å². The number of hydrogen-bond donors (Lipinski definition) is 1. The molecule has 9 heteroatoms. The van der Waals surface area contributed by atoms with Crippen molar-refractivity contribution in [2.75, 3.05) is 11.4 Å². The summed E-state index contributed by atoms with van der Waals surface area (Å²) in [4.78, 5) is 34.3. The number of hydrogen-bond acceptors (Lipinski definition) is 4. The van der Waals surface area contributed by atoms with Crippen LogP contribution in [0.4, 0.5) is 18.9 Å². The Hall–Kier alpha value is -3.23. The van der Waals surface area contributed by atoms with E-state index in [2.05, 4.69) is 15.3 Å². The number of halogens is 3. The van der Waals surface area contributed by atoms with Gasteiger partial charge in [-0.25, -0.2) is 23.1 Å². The zero-order chi connectivity index (χ0) is 20.7. The molecule has 0 saturated carbocycles. The Bertz CT molecular complexity index is 1020. The summed E-state index contributed by atoms with van der Waals surface area (Å²) in [7, 11) is 0. The van der Waals surface area contributed by atoms with E-state index < -0.39 is 35.7 Å². The van der Waals surface area contributed by atoms with Crippen LogP contribution in [-0.2, 0) is 4.79 Å². The number of aromatic nitrogens is 2. The molecular weight excluding hydrogens is 385 g/mol. The van der Waals surface area contributed by atoms with Crippen molar-refractivity contribution >= 4 is 17.5 Å². The molecule has 1 aliphatic carbocycles. The highest BCUT2D eigenvalue weighted by Gasteiger charge is 2.41. The van der Waals surface area contributed by atoms with E-state index in [9.17, 15) is 22.8 Å². The lowest BCUT2D eigenvalue weighted by molar-refractivity contribution is -0.114. The summed E-state index contributed by atoms with van der Waals surface area (Å²) in [5.74, 6) is -2.20. The van der Waals surface area contributed by atoms with Gasteiger partial charge in [-0.2, -0.15) is 0 Å². The first-order valence-corrected chi connectivity index (χ1v) is 9.06. The molecule has 0 unspecified atom stereocenters. The van der Waals surface area contributed by atoms with Crippen LogP contribution in [0.25, 0.3) is 0 Å². The number of alkyl halides is 1. The first kappa shape index (κ1) is 19.1. The van der Waals surface area contributed by atoms with E-state index in [4.69, 9.17) is 0 Å². The monoisotopic (exact) mass is 402 g/mol. The minimum atomic E-state index is -1.44. The van der Waals surface area contributed by atoms with E-state index in [0.717, 1.165) is 17.0 Å². The lowest BCUT2D eigenvalue weighted by Crippen LogP contribution is -2.40. The van der Waals surface area contributed by atoms with Gasteiger partial charge in [0.1, 0.15) is 29.3 Å². The van der Waals surface area contributed by atoms with Crippen molar-refractivity contribution in [1.29, 1.82) is 0 Å². The van der Waals surface area contributed by atoms with Gasteiger partial charge in [0.25, 0.3) is 11.8 Å². The minimum absolute atomic E-state index is 0.00721. The number of amides is 2. The van der Waals surface area contributed by atoms with E-state index in [-0.39, 0.29) is 36.3 Å². The second kappa shape index (κ2) is 7.31. The van der Waals surface area contributed by atoms with Crippen molar-refractivity contribution in [2.24, 2.45) is 0 Å². The number of benzene rings is 1. The van der Waals surface area contributed by atoms with Gasteiger partial charge >= 0.3 is 0 Å². The summed E-state index contributed by atoms with van der Waals surface area (Å²) < 4.78 is 41.8. The normalized spacial score (nSPS) is 21.4. The quantitative estimate of drug-likeness (QED) is 0.857. The maximum Gasteiger partial charge on any atom is 0.270 e. The molecule has 0 bridgehead atoms. The van der Waals surface area contributed by atoms with Crippen LogP contribution >= 0.6 is 0 Å². The minimum Gasteiger partial charge on any atom is -0.348 e. The summed E-state index contributed by atoms with van der Waals surface area (Å²) in [6, 6.07) is 3.62. The number of nitrogens with one attached hydrogen (secondary N) is 1. The second-order valence-electron chi connectivity index (χ2n) is 7.09.